The van der Waals surface area contributed by atoms with Gasteiger partial charge in [-0.25, -0.2) is 0 Å². The molecule has 0 heterocycles. The molecule has 0 radical (unpaired) electrons. The van der Waals surface area contributed by atoms with E-state index < -0.39 is 0 Å². The molecule has 1 amide bonds. The summed E-state index contributed by atoms with van der Waals surface area (Å²) in [5, 5.41) is 11.4. The number of hydrogen-bond donors (Lipinski definition) is 2. The molecule has 2 rings (SSSR count). The third kappa shape index (κ3) is 5.01. The summed E-state index contributed by atoms with van der Waals surface area (Å²) in [7, 11) is 1.69. The number of hydrogen-bond acceptors (Lipinski definition) is 4. The van der Waals surface area contributed by atoms with Gasteiger partial charge in [-0.3, -0.25) is 25.1 Å². The van der Waals surface area contributed by atoms with Crippen LogP contribution in [0.15, 0.2) is 58.5 Å². The van der Waals surface area contributed by atoms with E-state index in [2.05, 4.69) is 15.3 Å². The Morgan fingerprint density at radius 3 is 2.44 bits per heavy atom. The second-order valence-corrected chi connectivity index (χ2v) is 6.14. The molecule has 140 valence electrons. The van der Waals surface area contributed by atoms with Gasteiger partial charge in [-0.15, -0.1) is 0 Å². The number of para-hydroxylation sites is 1. The summed E-state index contributed by atoms with van der Waals surface area (Å²) in [6.45, 7) is 3.70. The second kappa shape index (κ2) is 9.64. The fourth-order valence-corrected chi connectivity index (χ4v) is 2.79. The van der Waals surface area contributed by atoms with Gasteiger partial charge in [0.25, 0.3) is 0 Å². The van der Waals surface area contributed by atoms with Gasteiger partial charge in [0, 0.05) is 23.2 Å². The minimum absolute atomic E-state index is 0.139. The Balaban J connectivity index is 2.66. The van der Waals surface area contributed by atoms with Crippen LogP contribution < -0.4 is 10.2 Å². The fourth-order valence-electron chi connectivity index (χ4n) is 2.67. The van der Waals surface area contributed by atoms with E-state index in [9.17, 15) is 4.79 Å². The molecule has 6 nitrogen and oxygen atoms in total. The van der Waals surface area contributed by atoms with Crippen molar-refractivity contribution in [3.63, 3.8) is 0 Å². The van der Waals surface area contributed by atoms with E-state index in [0.29, 0.717) is 28.8 Å². The van der Waals surface area contributed by atoms with Crippen molar-refractivity contribution in [2.75, 3.05) is 18.6 Å². The topological polar surface area (TPSA) is 80.9 Å². The molecule has 0 bridgehead atoms. The molecule has 2 N–H and O–H groups in total. The minimum Gasteiger partial charge on any atom is -0.339 e. The van der Waals surface area contributed by atoms with E-state index in [1.807, 2.05) is 43.3 Å². The van der Waals surface area contributed by atoms with Gasteiger partial charge in [0.1, 0.15) is 18.3 Å². The van der Waals surface area contributed by atoms with Crippen LogP contribution >= 0.6 is 11.6 Å². The van der Waals surface area contributed by atoms with Crippen LogP contribution in [0.2, 0.25) is 5.02 Å². The first-order valence-corrected chi connectivity index (χ1v) is 8.73. The van der Waals surface area contributed by atoms with Crippen LogP contribution in [0.3, 0.4) is 0 Å². The standard InChI is InChI=1S/C20H22ClN5O/c1-14(22)26(15(2)23-3)19-7-5-4-6-18(19)20(25-12-24-13-27)16-8-10-17(21)11-9-16/h4-11,13,22H,12H2,1-3H3,(H,24,27)/b22-14?,23-15?,25-20+. The highest BCUT2D eigenvalue weighted by molar-refractivity contribution is 6.31. The number of anilines is 1. The van der Waals surface area contributed by atoms with Crippen molar-refractivity contribution in [3.05, 3.63) is 64.7 Å². The predicted octanol–water partition coefficient (Wildman–Crippen LogP) is 3.73. The molecule has 0 saturated carbocycles. The maximum Gasteiger partial charge on any atom is 0.208 e. The van der Waals surface area contributed by atoms with Crippen molar-refractivity contribution >= 4 is 41.1 Å². The molecule has 0 fully saturated rings. The molecule has 0 aliphatic rings. The van der Waals surface area contributed by atoms with Gasteiger partial charge in [-0.1, -0.05) is 41.9 Å². The zero-order valence-electron chi connectivity index (χ0n) is 15.5. The zero-order valence-corrected chi connectivity index (χ0v) is 16.3. The van der Waals surface area contributed by atoms with Crippen molar-refractivity contribution in [1.82, 2.24) is 5.32 Å². The minimum atomic E-state index is 0.139. The lowest BCUT2D eigenvalue weighted by molar-refractivity contribution is -0.109. The lowest BCUT2D eigenvalue weighted by Gasteiger charge is -2.26. The first-order chi connectivity index (χ1) is 13.0. The smallest absolute Gasteiger partial charge is 0.208 e. The average Bonchev–Trinajstić information content (AvgIpc) is 2.66. The van der Waals surface area contributed by atoms with Crippen molar-refractivity contribution in [3.8, 4) is 0 Å². The molecular weight excluding hydrogens is 362 g/mol. The normalized spacial score (nSPS) is 11.9. The molecule has 2 aromatic carbocycles. The Morgan fingerprint density at radius 2 is 1.85 bits per heavy atom. The van der Waals surface area contributed by atoms with Crippen molar-refractivity contribution in [2.24, 2.45) is 9.98 Å². The molecule has 0 unspecified atom stereocenters. The SMILES string of the molecule is CN=C(C)N(C(C)=N)c1ccccc1/C(=N/CNC=O)c1ccc(Cl)cc1. The lowest BCUT2D eigenvalue weighted by Crippen LogP contribution is -2.34. The van der Waals surface area contributed by atoms with Crippen LogP contribution in [0.5, 0.6) is 0 Å². The summed E-state index contributed by atoms with van der Waals surface area (Å²) in [4.78, 5) is 21.2. The van der Waals surface area contributed by atoms with Crippen LogP contribution in [-0.4, -0.2) is 37.5 Å². The highest BCUT2D eigenvalue weighted by Gasteiger charge is 2.19. The number of carbonyl (C=O) groups excluding carboxylic acids is 1. The summed E-state index contributed by atoms with van der Waals surface area (Å²) in [6, 6.07) is 15.0. The third-order valence-corrected chi connectivity index (χ3v) is 4.16. The van der Waals surface area contributed by atoms with Crippen LogP contribution in [0, 0.1) is 5.41 Å². The predicted molar refractivity (Wildman–Crippen MR) is 113 cm³/mol. The molecule has 0 spiro atoms. The number of halogens is 1. The molecule has 0 atom stereocenters. The van der Waals surface area contributed by atoms with E-state index in [-0.39, 0.29) is 6.67 Å². The molecule has 27 heavy (non-hydrogen) atoms. The van der Waals surface area contributed by atoms with Crippen molar-refractivity contribution in [1.29, 1.82) is 5.41 Å². The summed E-state index contributed by atoms with van der Waals surface area (Å²) in [6.07, 6.45) is 0.608. The van der Waals surface area contributed by atoms with E-state index in [4.69, 9.17) is 17.0 Å². The maximum atomic E-state index is 10.6. The first-order valence-electron chi connectivity index (χ1n) is 8.35. The average molecular weight is 384 g/mol. The van der Waals surface area contributed by atoms with E-state index in [0.717, 1.165) is 16.8 Å². The Morgan fingerprint density at radius 1 is 1.19 bits per heavy atom. The van der Waals surface area contributed by atoms with Gasteiger partial charge >= 0.3 is 0 Å². The number of carbonyl (C=O) groups is 1. The molecule has 0 aliphatic carbocycles. The lowest BCUT2D eigenvalue weighted by atomic mass is 9.99. The Kier molecular flexibility index (Phi) is 7.25. The summed E-state index contributed by atoms with van der Waals surface area (Å²) in [5.74, 6) is 1.03. The third-order valence-electron chi connectivity index (χ3n) is 3.91. The van der Waals surface area contributed by atoms with Gasteiger partial charge in [-0.05, 0) is 32.0 Å². The summed E-state index contributed by atoms with van der Waals surface area (Å²) in [5.41, 5.74) is 3.15. The van der Waals surface area contributed by atoms with Gasteiger partial charge in [0.05, 0.1) is 11.4 Å². The Labute approximate surface area is 164 Å². The van der Waals surface area contributed by atoms with E-state index >= 15 is 0 Å². The molecule has 2 aromatic rings. The highest BCUT2D eigenvalue weighted by Crippen LogP contribution is 2.25. The number of amidine groups is 2. The quantitative estimate of drug-likeness (QED) is 0.345. The summed E-state index contributed by atoms with van der Waals surface area (Å²) >= 11 is 6.02. The molecular formula is C20H22ClN5O. The summed E-state index contributed by atoms with van der Waals surface area (Å²) < 4.78 is 0. The first kappa shape index (κ1) is 20.3. The van der Waals surface area contributed by atoms with Crippen LogP contribution in [0.25, 0.3) is 0 Å². The van der Waals surface area contributed by atoms with Crippen LogP contribution in [-0.2, 0) is 4.79 Å². The number of nitrogens with one attached hydrogen (secondary N) is 2. The molecule has 0 aliphatic heterocycles. The maximum absolute atomic E-state index is 10.6. The van der Waals surface area contributed by atoms with Crippen LogP contribution in [0.4, 0.5) is 5.69 Å². The van der Waals surface area contributed by atoms with Crippen molar-refractivity contribution < 1.29 is 4.79 Å². The molecule has 0 aromatic heterocycles. The second-order valence-electron chi connectivity index (χ2n) is 5.70. The van der Waals surface area contributed by atoms with E-state index in [1.165, 1.54) is 0 Å². The Hall–Kier alpha value is -2.99. The van der Waals surface area contributed by atoms with Gasteiger partial charge in [0.2, 0.25) is 6.41 Å². The highest BCUT2D eigenvalue weighted by atomic mass is 35.5. The Bertz CT molecular complexity index is 874. The van der Waals surface area contributed by atoms with E-state index in [1.54, 1.807) is 31.0 Å². The fraction of sp³-hybridized carbons (Fsp3) is 0.200. The zero-order chi connectivity index (χ0) is 19.8. The van der Waals surface area contributed by atoms with Crippen LogP contribution in [0.1, 0.15) is 25.0 Å². The number of amides is 1. The number of rotatable bonds is 6. The van der Waals surface area contributed by atoms with Crippen molar-refractivity contribution in [2.45, 2.75) is 13.8 Å². The number of aliphatic imine (C=N–C) groups is 2. The van der Waals surface area contributed by atoms with Gasteiger partial charge < -0.3 is 5.32 Å². The van der Waals surface area contributed by atoms with Gasteiger partial charge in [-0.2, -0.15) is 0 Å². The van der Waals surface area contributed by atoms with Gasteiger partial charge in [0.15, 0.2) is 0 Å². The molecule has 7 heteroatoms. The molecule has 0 saturated heterocycles. The number of nitrogens with zero attached hydrogens (tertiary/aromatic N) is 3. The monoisotopic (exact) mass is 383 g/mol. The number of benzene rings is 2. The largest absolute Gasteiger partial charge is 0.339 e.